The number of ether oxygens (including phenoxy) is 1. The highest BCUT2D eigenvalue weighted by Crippen LogP contribution is 2.49. The van der Waals surface area contributed by atoms with Gasteiger partial charge in [-0.05, 0) is 43.3 Å². The first-order valence-corrected chi connectivity index (χ1v) is 5.32. The zero-order valence-corrected chi connectivity index (χ0v) is 8.92. The van der Waals surface area contributed by atoms with Gasteiger partial charge in [0.25, 0.3) is 0 Å². The molecule has 2 aliphatic carbocycles. The van der Waals surface area contributed by atoms with E-state index < -0.39 is 0 Å². The fourth-order valence-corrected chi connectivity index (χ4v) is 3.05. The molecule has 0 aromatic carbocycles. The average molecular weight is 211 g/mol. The lowest BCUT2D eigenvalue weighted by atomic mass is 9.86. The van der Waals surface area contributed by atoms with Crippen molar-refractivity contribution in [1.29, 1.82) is 0 Å². The lowest BCUT2D eigenvalue weighted by Crippen LogP contribution is -2.27. The van der Waals surface area contributed by atoms with Gasteiger partial charge in [0, 0.05) is 0 Å². The summed E-state index contributed by atoms with van der Waals surface area (Å²) in [4.78, 5) is 15.5. The molecule has 2 fully saturated rings. The van der Waals surface area contributed by atoms with E-state index in [-0.39, 0.29) is 11.9 Å². The summed E-state index contributed by atoms with van der Waals surface area (Å²) >= 11 is 4.60. The van der Waals surface area contributed by atoms with Crippen LogP contribution in [0.1, 0.15) is 19.3 Å². The molecule has 3 nitrogen and oxygen atoms in total. The predicted octanol–water partition coefficient (Wildman–Crippen LogP) is 1.68. The molecule has 0 amide bonds. The zero-order valence-electron chi connectivity index (χ0n) is 8.10. The Balaban J connectivity index is 2.02. The van der Waals surface area contributed by atoms with Crippen molar-refractivity contribution in [2.24, 2.45) is 22.7 Å². The molecule has 0 radical (unpaired) electrons. The molecule has 14 heavy (non-hydrogen) atoms. The van der Waals surface area contributed by atoms with Crippen LogP contribution in [-0.2, 0) is 9.53 Å². The molecule has 2 unspecified atom stereocenters. The van der Waals surface area contributed by atoms with Crippen LogP contribution >= 0.6 is 12.2 Å². The molecule has 2 saturated carbocycles. The van der Waals surface area contributed by atoms with Crippen LogP contribution in [0, 0.1) is 17.8 Å². The fourth-order valence-electron chi connectivity index (χ4n) is 2.91. The summed E-state index contributed by atoms with van der Waals surface area (Å²) in [5.74, 6) is 1.05. The van der Waals surface area contributed by atoms with Gasteiger partial charge in [0.05, 0.1) is 24.2 Å². The molecule has 2 rings (SSSR count). The fraction of sp³-hybridized carbons (Fsp3) is 0.800. The first kappa shape index (κ1) is 9.81. The number of aliphatic imine (C=N–C) groups is 1. The van der Waals surface area contributed by atoms with Gasteiger partial charge in [-0.25, -0.2) is 4.99 Å². The SMILES string of the molecule is COC(=O)[C@H]1CC2CC1C[C@@H]2N=C=S. The van der Waals surface area contributed by atoms with E-state index in [4.69, 9.17) is 4.74 Å². The second-order valence-electron chi connectivity index (χ2n) is 4.14. The topological polar surface area (TPSA) is 38.7 Å². The summed E-state index contributed by atoms with van der Waals surface area (Å²) in [5.41, 5.74) is 0. The van der Waals surface area contributed by atoms with E-state index in [9.17, 15) is 4.79 Å². The molecule has 2 bridgehead atoms. The number of methoxy groups -OCH3 is 1. The van der Waals surface area contributed by atoms with Crippen molar-refractivity contribution in [2.45, 2.75) is 25.3 Å². The summed E-state index contributed by atoms with van der Waals surface area (Å²) in [6, 6.07) is 0.318. The number of hydrogen-bond acceptors (Lipinski definition) is 4. The summed E-state index contributed by atoms with van der Waals surface area (Å²) in [6.07, 6.45) is 3.00. The molecule has 0 aromatic heterocycles. The van der Waals surface area contributed by atoms with Crippen molar-refractivity contribution < 1.29 is 9.53 Å². The normalized spacial score (nSPS) is 39.2. The van der Waals surface area contributed by atoms with Crippen LogP contribution in [0.15, 0.2) is 4.99 Å². The van der Waals surface area contributed by atoms with Gasteiger partial charge >= 0.3 is 5.97 Å². The van der Waals surface area contributed by atoms with Gasteiger partial charge in [-0.15, -0.1) is 0 Å². The third-order valence-corrected chi connectivity index (χ3v) is 3.65. The van der Waals surface area contributed by atoms with E-state index in [0.29, 0.717) is 17.9 Å². The minimum absolute atomic E-state index is 0.0534. The van der Waals surface area contributed by atoms with Gasteiger partial charge in [0.15, 0.2) is 0 Å². The Labute approximate surface area is 88.5 Å². The summed E-state index contributed by atoms with van der Waals surface area (Å²) in [5, 5.41) is 2.44. The van der Waals surface area contributed by atoms with E-state index in [1.807, 2.05) is 0 Å². The maximum Gasteiger partial charge on any atom is 0.308 e. The summed E-state index contributed by atoms with van der Waals surface area (Å²) in [7, 11) is 1.46. The van der Waals surface area contributed by atoms with Crippen molar-refractivity contribution in [3.05, 3.63) is 0 Å². The van der Waals surface area contributed by atoms with E-state index in [1.54, 1.807) is 0 Å². The molecule has 76 valence electrons. The number of carbonyl (C=O) groups is 1. The Bertz CT molecular complexity index is 298. The molecule has 4 atom stereocenters. The second kappa shape index (κ2) is 3.79. The Morgan fingerprint density at radius 1 is 1.43 bits per heavy atom. The summed E-state index contributed by atoms with van der Waals surface area (Å²) in [6.45, 7) is 0. The zero-order chi connectivity index (χ0) is 10.1. The number of fused-ring (bicyclic) bond motifs is 2. The standard InChI is InChI=1S/C10H13NO2S/c1-13-10(12)8-3-7-2-6(8)4-9(7)11-5-14/h6-9H,2-4H2,1H3/t6?,7?,8-,9-/m0/s1. The number of thiocarbonyl (C=S) groups is 1. The maximum absolute atomic E-state index is 11.4. The minimum Gasteiger partial charge on any atom is -0.469 e. The molecular formula is C10H13NO2S. The minimum atomic E-state index is -0.0534. The van der Waals surface area contributed by atoms with Crippen molar-refractivity contribution in [3.8, 4) is 0 Å². The highest BCUT2D eigenvalue weighted by molar-refractivity contribution is 7.78. The number of carbonyl (C=O) groups excluding carboxylic acids is 1. The highest BCUT2D eigenvalue weighted by atomic mass is 32.1. The van der Waals surface area contributed by atoms with Gasteiger partial charge in [-0.3, -0.25) is 4.79 Å². The van der Waals surface area contributed by atoms with Crippen molar-refractivity contribution >= 4 is 23.3 Å². The van der Waals surface area contributed by atoms with Gasteiger partial charge in [0.1, 0.15) is 0 Å². The smallest absolute Gasteiger partial charge is 0.308 e. The molecular weight excluding hydrogens is 198 g/mol. The van der Waals surface area contributed by atoms with Crippen molar-refractivity contribution in [2.75, 3.05) is 7.11 Å². The van der Waals surface area contributed by atoms with Crippen LogP contribution < -0.4 is 0 Å². The molecule has 0 heterocycles. The molecule has 4 heteroatoms. The van der Waals surface area contributed by atoms with E-state index in [0.717, 1.165) is 19.3 Å². The maximum atomic E-state index is 11.4. The van der Waals surface area contributed by atoms with Crippen LogP contribution in [0.25, 0.3) is 0 Å². The third-order valence-electron chi connectivity index (χ3n) is 3.54. The Kier molecular flexibility index (Phi) is 2.66. The largest absolute Gasteiger partial charge is 0.469 e. The molecule has 2 aliphatic rings. The third kappa shape index (κ3) is 1.49. The van der Waals surface area contributed by atoms with Crippen molar-refractivity contribution in [3.63, 3.8) is 0 Å². The van der Waals surface area contributed by atoms with Crippen LogP contribution in [0.2, 0.25) is 0 Å². The number of esters is 1. The lowest BCUT2D eigenvalue weighted by Gasteiger charge is -2.22. The monoisotopic (exact) mass is 211 g/mol. The number of hydrogen-bond donors (Lipinski definition) is 0. The Morgan fingerprint density at radius 3 is 2.71 bits per heavy atom. The first-order chi connectivity index (χ1) is 6.76. The second-order valence-corrected chi connectivity index (χ2v) is 4.33. The first-order valence-electron chi connectivity index (χ1n) is 4.91. The number of rotatable bonds is 2. The number of nitrogens with zero attached hydrogens (tertiary/aromatic N) is 1. The van der Waals surface area contributed by atoms with Gasteiger partial charge in [-0.2, -0.15) is 0 Å². The molecule has 0 saturated heterocycles. The molecule has 0 spiro atoms. The average Bonchev–Trinajstić information content (AvgIpc) is 2.76. The Hall–Kier alpha value is -0.730. The molecule has 0 aliphatic heterocycles. The summed E-state index contributed by atoms with van der Waals surface area (Å²) < 4.78 is 4.78. The predicted molar refractivity (Wildman–Crippen MR) is 55.2 cm³/mol. The molecule has 0 N–H and O–H groups in total. The van der Waals surface area contributed by atoms with Crippen molar-refractivity contribution in [1.82, 2.24) is 0 Å². The molecule has 0 aromatic rings. The van der Waals surface area contributed by atoms with E-state index >= 15 is 0 Å². The van der Waals surface area contributed by atoms with Gasteiger partial charge in [-0.1, -0.05) is 0 Å². The van der Waals surface area contributed by atoms with Crippen LogP contribution in [-0.4, -0.2) is 24.3 Å². The van der Waals surface area contributed by atoms with Crippen LogP contribution in [0.3, 0.4) is 0 Å². The van der Waals surface area contributed by atoms with Gasteiger partial charge < -0.3 is 4.74 Å². The highest BCUT2D eigenvalue weighted by Gasteiger charge is 2.49. The number of isothiocyanates is 1. The van der Waals surface area contributed by atoms with Gasteiger partial charge in [0.2, 0.25) is 0 Å². The quantitative estimate of drug-likeness (QED) is 0.396. The van der Waals surface area contributed by atoms with Crippen LogP contribution in [0.4, 0.5) is 0 Å². The van der Waals surface area contributed by atoms with E-state index in [2.05, 4.69) is 22.4 Å². The van der Waals surface area contributed by atoms with E-state index in [1.165, 1.54) is 7.11 Å². The lowest BCUT2D eigenvalue weighted by molar-refractivity contribution is -0.147. The Morgan fingerprint density at radius 2 is 2.21 bits per heavy atom. The van der Waals surface area contributed by atoms with Crippen LogP contribution in [0.5, 0.6) is 0 Å².